The molecular weight excluding hydrogens is 502 g/mol. The van der Waals surface area contributed by atoms with E-state index in [0.717, 1.165) is 29.5 Å². The fourth-order valence-corrected chi connectivity index (χ4v) is 8.47. The van der Waals surface area contributed by atoms with Crippen molar-refractivity contribution in [1.82, 2.24) is 5.32 Å². The maximum absolute atomic E-state index is 13.6. The molecule has 0 bridgehead atoms. The van der Waals surface area contributed by atoms with Crippen LogP contribution in [0.2, 0.25) is 5.02 Å². The molecule has 6 nitrogen and oxygen atoms in total. The number of hydrogen-bond acceptors (Lipinski definition) is 5. The van der Waals surface area contributed by atoms with E-state index in [-0.39, 0.29) is 23.0 Å². The molecule has 2 fully saturated rings. The summed E-state index contributed by atoms with van der Waals surface area (Å²) in [6.45, 7) is 8.69. The van der Waals surface area contributed by atoms with Crippen LogP contribution < -0.4 is 14.8 Å². The quantitative estimate of drug-likeness (QED) is 0.526. The van der Waals surface area contributed by atoms with Crippen LogP contribution >= 0.6 is 11.6 Å². The third kappa shape index (κ3) is 3.16. The van der Waals surface area contributed by atoms with Crippen LogP contribution in [-0.2, 0) is 16.0 Å². The first-order chi connectivity index (χ1) is 18.0. The Hall–Kier alpha value is -2.57. The lowest BCUT2D eigenvalue weighted by atomic mass is 9.43. The number of carbonyl (C=O) groups excluding carboxylic acids is 2. The number of ketones is 1. The molecule has 2 heterocycles. The van der Waals surface area contributed by atoms with E-state index in [1.54, 1.807) is 20.3 Å². The number of fused-ring (bicyclic) bond motifs is 3. The number of halogens is 1. The largest absolute Gasteiger partial charge is 0.496 e. The molecule has 2 saturated carbocycles. The summed E-state index contributed by atoms with van der Waals surface area (Å²) >= 11 is 6.93. The number of carbonyl (C=O) groups is 2. The Morgan fingerprint density at radius 2 is 1.84 bits per heavy atom. The Kier molecular flexibility index (Phi) is 5.72. The van der Waals surface area contributed by atoms with Crippen LogP contribution in [0.4, 0.5) is 0 Å². The smallest absolute Gasteiger partial charge is 0.252 e. The van der Waals surface area contributed by atoms with Gasteiger partial charge in [0.05, 0.1) is 18.7 Å². The number of methoxy groups -OCH3 is 2. The number of ether oxygens (including phenoxy) is 3. The first-order valence-electron chi connectivity index (χ1n) is 13.5. The van der Waals surface area contributed by atoms with Crippen molar-refractivity contribution in [2.75, 3.05) is 14.2 Å². The summed E-state index contributed by atoms with van der Waals surface area (Å²) in [7, 11) is 3.25. The van der Waals surface area contributed by atoms with Gasteiger partial charge in [-0.2, -0.15) is 0 Å². The van der Waals surface area contributed by atoms with Crippen molar-refractivity contribution < 1.29 is 23.8 Å². The number of benzene rings is 2. The average molecular weight is 538 g/mol. The molecule has 202 valence electrons. The van der Waals surface area contributed by atoms with E-state index in [4.69, 9.17) is 25.8 Å². The number of Topliss-reactive ketones (excluding diaryl/α,β-unsaturated/α-hetero) is 1. The van der Waals surface area contributed by atoms with Gasteiger partial charge in [-0.1, -0.05) is 57.5 Å². The van der Waals surface area contributed by atoms with Gasteiger partial charge in [-0.05, 0) is 37.3 Å². The van der Waals surface area contributed by atoms with E-state index in [1.807, 2.05) is 38.1 Å². The molecule has 0 radical (unpaired) electrons. The van der Waals surface area contributed by atoms with Crippen molar-refractivity contribution >= 4 is 23.3 Å². The number of hydrogen-bond donors (Lipinski definition) is 1. The number of rotatable bonds is 3. The van der Waals surface area contributed by atoms with Crippen LogP contribution in [0.1, 0.15) is 80.0 Å². The van der Waals surface area contributed by atoms with Crippen molar-refractivity contribution in [3.63, 3.8) is 0 Å². The normalized spacial score (nSPS) is 34.8. The van der Waals surface area contributed by atoms with Gasteiger partial charge in [0.15, 0.2) is 5.78 Å². The van der Waals surface area contributed by atoms with Crippen molar-refractivity contribution in [2.45, 2.75) is 71.1 Å². The van der Waals surface area contributed by atoms with Gasteiger partial charge in [0.25, 0.3) is 5.91 Å². The minimum atomic E-state index is -0.648. The maximum Gasteiger partial charge on any atom is 0.252 e. The van der Waals surface area contributed by atoms with Gasteiger partial charge in [0.1, 0.15) is 23.2 Å². The second kappa shape index (κ2) is 8.46. The first-order valence-corrected chi connectivity index (χ1v) is 13.9. The molecule has 6 rings (SSSR count). The van der Waals surface area contributed by atoms with E-state index < -0.39 is 23.2 Å². The van der Waals surface area contributed by atoms with Gasteiger partial charge in [-0.3, -0.25) is 9.59 Å². The number of amides is 1. The topological polar surface area (TPSA) is 73.9 Å². The van der Waals surface area contributed by atoms with Gasteiger partial charge >= 0.3 is 0 Å². The summed E-state index contributed by atoms with van der Waals surface area (Å²) in [6, 6.07) is 9.09. The second-order valence-corrected chi connectivity index (χ2v) is 12.8. The maximum atomic E-state index is 13.6. The summed E-state index contributed by atoms with van der Waals surface area (Å²) in [4.78, 5) is 26.8. The monoisotopic (exact) mass is 537 g/mol. The zero-order chi connectivity index (χ0) is 27.2. The summed E-state index contributed by atoms with van der Waals surface area (Å²) < 4.78 is 18.9. The standard InChI is InChI=1S/C31H36ClNO5/c1-16-11-12-23-29(2,3)27(34)22(37-6)15-31(23)30(16,4)14-19-20(32)13-18-24(26(19)38-31)25(33-28(18)35)17-9-7-8-10-21(17)36-5/h7-10,13,16,22-23,25H,11-12,14-15H2,1-6H3,(H,33,35)/t16-,22+,23-,25+,30+,31-/m0/s1. The van der Waals surface area contributed by atoms with E-state index in [2.05, 4.69) is 19.2 Å². The molecule has 1 N–H and O–H groups in total. The molecule has 1 spiro atoms. The van der Waals surface area contributed by atoms with Crippen LogP contribution in [0.15, 0.2) is 30.3 Å². The summed E-state index contributed by atoms with van der Waals surface area (Å²) in [5.41, 5.74) is 1.59. The van der Waals surface area contributed by atoms with E-state index >= 15 is 0 Å². The fraction of sp³-hybridized carbons (Fsp3) is 0.548. The highest BCUT2D eigenvalue weighted by molar-refractivity contribution is 6.32. The lowest BCUT2D eigenvalue weighted by Crippen LogP contribution is -2.72. The minimum Gasteiger partial charge on any atom is -0.496 e. The molecular formula is C31H36ClNO5. The lowest BCUT2D eigenvalue weighted by Gasteiger charge is -2.66. The molecule has 2 aliphatic carbocycles. The number of para-hydroxylation sites is 1. The molecule has 1 amide bonds. The first kappa shape index (κ1) is 25.7. The Labute approximate surface area is 229 Å². The molecule has 6 atom stereocenters. The van der Waals surface area contributed by atoms with Crippen LogP contribution in [-0.4, -0.2) is 37.6 Å². The van der Waals surface area contributed by atoms with Crippen molar-refractivity contribution in [3.05, 3.63) is 57.6 Å². The predicted molar refractivity (Wildman–Crippen MR) is 145 cm³/mol. The summed E-state index contributed by atoms with van der Waals surface area (Å²) in [5.74, 6) is 1.69. The number of nitrogens with one attached hydrogen (secondary N) is 1. The third-order valence-electron chi connectivity index (χ3n) is 10.5. The van der Waals surface area contributed by atoms with E-state index in [1.165, 1.54) is 0 Å². The highest BCUT2D eigenvalue weighted by atomic mass is 35.5. The average Bonchev–Trinajstić information content (AvgIpc) is 3.22. The fourth-order valence-electron chi connectivity index (χ4n) is 8.21. The Morgan fingerprint density at radius 3 is 2.55 bits per heavy atom. The zero-order valence-corrected chi connectivity index (χ0v) is 23.7. The van der Waals surface area contributed by atoms with Crippen molar-refractivity contribution in [2.24, 2.45) is 22.7 Å². The summed E-state index contributed by atoms with van der Waals surface area (Å²) in [5, 5.41) is 3.70. The molecule has 0 saturated heterocycles. The third-order valence-corrected chi connectivity index (χ3v) is 10.9. The predicted octanol–water partition coefficient (Wildman–Crippen LogP) is 5.92. The Bertz CT molecular complexity index is 1350. The highest BCUT2D eigenvalue weighted by Gasteiger charge is 2.70. The Balaban J connectivity index is 1.60. The van der Waals surface area contributed by atoms with Gasteiger partial charge in [0.2, 0.25) is 0 Å². The van der Waals surface area contributed by atoms with E-state index in [0.29, 0.717) is 40.8 Å². The molecule has 7 heteroatoms. The van der Waals surface area contributed by atoms with Crippen LogP contribution in [0.5, 0.6) is 11.5 Å². The lowest BCUT2D eigenvalue weighted by molar-refractivity contribution is -0.226. The second-order valence-electron chi connectivity index (χ2n) is 12.4. The van der Waals surface area contributed by atoms with Crippen LogP contribution in [0.3, 0.4) is 0 Å². The Morgan fingerprint density at radius 1 is 1.11 bits per heavy atom. The van der Waals surface area contributed by atoms with Crippen molar-refractivity contribution in [1.29, 1.82) is 0 Å². The molecule has 38 heavy (non-hydrogen) atoms. The van der Waals surface area contributed by atoms with Gasteiger partial charge < -0.3 is 19.5 Å². The molecule has 0 unspecified atom stereocenters. The van der Waals surface area contributed by atoms with E-state index in [9.17, 15) is 9.59 Å². The molecule has 0 aromatic heterocycles. The summed E-state index contributed by atoms with van der Waals surface area (Å²) in [6.07, 6.45) is 2.56. The van der Waals surface area contributed by atoms with Crippen LogP contribution in [0.25, 0.3) is 0 Å². The SMILES string of the molecule is COc1ccccc1[C@H]1NC(=O)c2cc(Cl)c3c(c21)O[C@@]12C[C@@H](OC)C(=O)C(C)(C)[C@@H]1CC[C@H](C)[C@@]2(C)C3. The molecule has 2 aromatic rings. The van der Waals surface area contributed by atoms with Crippen molar-refractivity contribution in [3.8, 4) is 11.5 Å². The molecule has 2 aliphatic heterocycles. The molecule has 2 aromatic carbocycles. The van der Waals surface area contributed by atoms with Crippen LogP contribution in [0, 0.1) is 22.7 Å². The highest BCUT2D eigenvalue weighted by Crippen LogP contribution is 2.66. The van der Waals surface area contributed by atoms with Gasteiger partial charge in [-0.25, -0.2) is 0 Å². The van der Waals surface area contributed by atoms with Gasteiger partial charge in [0, 0.05) is 52.0 Å². The molecule has 4 aliphatic rings. The van der Waals surface area contributed by atoms with Gasteiger partial charge in [-0.15, -0.1) is 0 Å². The minimum absolute atomic E-state index is 0.00709. The zero-order valence-electron chi connectivity index (χ0n) is 22.9.